The van der Waals surface area contributed by atoms with Crippen molar-refractivity contribution in [1.82, 2.24) is 14.7 Å². The molecule has 1 N–H and O–H groups in total. The Morgan fingerprint density at radius 3 is 2.76 bits per heavy atom. The van der Waals surface area contributed by atoms with E-state index in [1.165, 1.54) is 0 Å². The lowest BCUT2D eigenvalue weighted by molar-refractivity contribution is 0.285. The molecule has 0 bridgehead atoms. The van der Waals surface area contributed by atoms with Gasteiger partial charge in [-0.3, -0.25) is 4.68 Å². The van der Waals surface area contributed by atoms with Gasteiger partial charge in [0.2, 0.25) is 0 Å². The third kappa shape index (κ3) is 4.61. The van der Waals surface area contributed by atoms with Gasteiger partial charge in [0.05, 0.1) is 24.5 Å². The topological polar surface area (TPSA) is 46.2 Å². The molecule has 2 rings (SSSR count). The lowest BCUT2D eigenvalue weighted by Gasteiger charge is -2.17. The van der Waals surface area contributed by atoms with Crippen molar-refractivity contribution in [3.63, 3.8) is 0 Å². The molecule has 0 fully saturated rings. The summed E-state index contributed by atoms with van der Waals surface area (Å²) in [6.45, 7) is 10.5. The summed E-state index contributed by atoms with van der Waals surface area (Å²) in [5.41, 5.74) is 1.01. The predicted octanol–water partition coefficient (Wildman–Crippen LogP) is 3.75. The van der Waals surface area contributed by atoms with Gasteiger partial charge >= 0.3 is 0 Å². The van der Waals surface area contributed by atoms with Gasteiger partial charge in [-0.15, -0.1) is 0 Å². The number of hydrogen-bond donors (Lipinski definition) is 1. The Balaban J connectivity index is 1.88. The summed E-state index contributed by atoms with van der Waals surface area (Å²) in [4.78, 5) is 2.39. The Labute approximate surface area is 134 Å². The Kier molecular flexibility index (Phi) is 5.87. The first-order chi connectivity index (χ1) is 10.1. The molecule has 6 heteroatoms. The molecule has 0 saturated carbocycles. The lowest BCUT2D eigenvalue weighted by atomic mass is 10.2. The number of hydrogen-bond acceptors (Lipinski definition) is 4. The number of anilines is 1. The van der Waals surface area contributed by atoms with Crippen LogP contribution in [0.4, 0.5) is 5.69 Å². The maximum atomic E-state index is 5.55. The van der Waals surface area contributed by atoms with E-state index in [-0.39, 0.29) is 6.04 Å². The van der Waals surface area contributed by atoms with Crippen LogP contribution < -0.4 is 5.32 Å². The molecule has 1 unspecified atom stereocenters. The highest BCUT2D eigenvalue weighted by atomic mass is 79.9. The van der Waals surface area contributed by atoms with Gasteiger partial charge in [0, 0.05) is 12.7 Å². The highest BCUT2D eigenvalue weighted by Gasteiger charge is 2.10. The van der Waals surface area contributed by atoms with Crippen molar-refractivity contribution in [2.45, 2.75) is 33.4 Å². The van der Waals surface area contributed by atoms with E-state index in [1.807, 2.05) is 29.2 Å². The number of rotatable bonds is 8. The van der Waals surface area contributed by atoms with Gasteiger partial charge in [0.15, 0.2) is 4.67 Å². The zero-order chi connectivity index (χ0) is 15.2. The monoisotopic (exact) mass is 354 g/mol. The second-order valence-corrected chi connectivity index (χ2v) is 5.81. The van der Waals surface area contributed by atoms with Gasteiger partial charge in [-0.25, -0.2) is 0 Å². The average Bonchev–Trinajstić information content (AvgIpc) is 3.09. The molecule has 2 heterocycles. The molecule has 116 valence electrons. The molecule has 0 saturated heterocycles. The second-order valence-electron chi connectivity index (χ2n) is 5.03. The smallest absolute Gasteiger partial charge is 0.169 e. The first-order valence-electron chi connectivity index (χ1n) is 7.39. The summed E-state index contributed by atoms with van der Waals surface area (Å²) in [6.07, 6.45) is 3.90. The minimum Gasteiger partial charge on any atom is -0.452 e. The highest BCUT2D eigenvalue weighted by molar-refractivity contribution is 9.10. The molecular weight excluding hydrogens is 332 g/mol. The van der Waals surface area contributed by atoms with Gasteiger partial charge in [-0.05, 0) is 48.1 Å². The van der Waals surface area contributed by atoms with Crippen LogP contribution in [0.25, 0.3) is 0 Å². The summed E-state index contributed by atoms with van der Waals surface area (Å²) >= 11 is 3.32. The minimum absolute atomic E-state index is 0.108. The Bertz CT molecular complexity index is 547. The number of halogens is 1. The van der Waals surface area contributed by atoms with Gasteiger partial charge in [-0.2, -0.15) is 5.10 Å². The van der Waals surface area contributed by atoms with Crippen LogP contribution in [0, 0.1) is 0 Å². The van der Waals surface area contributed by atoms with Gasteiger partial charge < -0.3 is 14.6 Å². The first kappa shape index (κ1) is 16.1. The lowest BCUT2D eigenvalue weighted by Crippen LogP contribution is -2.27. The van der Waals surface area contributed by atoms with Gasteiger partial charge in [0.25, 0.3) is 0 Å². The number of nitrogens with one attached hydrogen (secondary N) is 1. The molecular formula is C15H23BrN4O. The van der Waals surface area contributed by atoms with Crippen molar-refractivity contribution < 1.29 is 4.42 Å². The molecule has 0 aromatic carbocycles. The molecule has 0 spiro atoms. The fourth-order valence-corrected chi connectivity index (χ4v) is 2.55. The maximum absolute atomic E-state index is 5.55. The van der Waals surface area contributed by atoms with Crippen LogP contribution in [0.5, 0.6) is 0 Å². The largest absolute Gasteiger partial charge is 0.452 e. The molecule has 2 aromatic heterocycles. The predicted molar refractivity (Wildman–Crippen MR) is 88.5 cm³/mol. The summed E-state index contributed by atoms with van der Waals surface area (Å²) < 4.78 is 8.28. The van der Waals surface area contributed by atoms with E-state index in [9.17, 15) is 0 Å². The molecule has 0 aliphatic carbocycles. The van der Waals surface area contributed by atoms with E-state index in [1.54, 1.807) is 0 Å². The minimum atomic E-state index is 0.108. The molecule has 5 nitrogen and oxygen atoms in total. The van der Waals surface area contributed by atoms with E-state index >= 15 is 0 Å². The number of nitrogens with zero attached hydrogens (tertiary/aromatic N) is 3. The van der Waals surface area contributed by atoms with Crippen LogP contribution in [0.15, 0.2) is 33.6 Å². The fourth-order valence-electron chi connectivity index (χ4n) is 2.23. The maximum Gasteiger partial charge on any atom is 0.169 e. The van der Waals surface area contributed by atoms with Crippen molar-refractivity contribution in [2.24, 2.45) is 0 Å². The van der Waals surface area contributed by atoms with Crippen LogP contribution in [-0.4, -0.2) is 34.3 Å². The Morgan fingerprint density at radius 2 is 2.14 bits per heavy atom. The molecule has 2 aromatic rings. The second kappa shape index (κ2) is 7.66. The summed E-state index contributed by atoms with van der Waals surface area (Å²) in [5, 5.41) is 7.79. The summed E-state index contributed by atoms with van der Waals surface area (Å²) in [5.74, 6) is 0.901. The van der Waals surface area contributed by atoms with Crippen molar-refractivity contribution >= 4 is 21.6 Å². The molecule has 0 aliphatic rings. The summed E-state index contributed by atoms with van der Waals surface area (Å²) in [7, 11) is 0. The van der Waals surface area contributed by atoms with E-state index in [0.29, 0.717) is 0 Å². The van der Waals surface area contributed by atoms with Crippen molar-refractivity contribution in [2.75, 3.05) is 25.0 Å². The van der Waals surface area contributed by atoms with E-state index in [4.69, 9.17) is 4.42 Å². The van der Waals surface area contributed by atoms with Crippen LogP contribution in [0.2, 0.25) is 0 Å². The number of furan rings is 1. The van der Waals surface area contributed by atoms with Crippen molar-refractivity contribution in [1.29, 1.82) is 0 Å². The van der Waals surface area contributed by atoms with E-state index in [0.717, 1.165) is 42.3 Å². The first-order valence-corrected chi connectivity index (χ1v) is 8.18. The standard InChI is InChI=1S/C15H23BrN4O/c1-4-19(5-2)8-9-20-11-13(10-17-20)18-12(3)14-6-7-15(16)21-14/h6-7,10-12,18H,4-5,8-9H2,1-3H3. The van der Waals surface area contributed by atoms with Crippen LogP contribution in [0.1, 0.15) is 32.6 Å². The van der Waals surface area contributed by atoms with Gasteiger partial charge in [0.1, 0.15) is 5.76 Å². The fraction of sp³-hybridized carbons (Fsp3) is 0.533. The van der Waals surface area contributed by atoms with Crippen LogP contribution in [0.3, 0.4) is 0 Å². The SMILES string of the molecule is CCN(CC)CCn1cc(NC(C)c2ccc(Br)o2)cn1. The molecule has 1 atom stereocenters. The van der Waals surface area contributed by atoms with E-state index < -0.39 is 0 Å². The molecule has 0 radical (unpaired) electrons. The van der Waals surface area contributed by atoms with Crippen LogP contribution >= 0.6 is 15.9 Å². The molecule has 21 heavy (non-hydrogen) atoms. The van der Waals surface area contributed by atoms with Crippen molar-refractivity contribution in [3.8, 4) is 0 Å². The van der Waals surface area contributed by atoms with Gasteiger partial charge in [-0.1, -0.05) is 13.8 Å². The zero-order valence-electron chi connectivity index (χ0n) is 12.8. The van der Waals surface area contributed by atoms with Crippen LogP contribution in [-0.2, 0) is 6.54 Å². The Morgan fingerprint density at radius 1 is 1.38 bits per heavy atom. The van der Waals surface area contributed by atoms with Crippen molar-refractivity contribution in [3.05, 3.63) is 35.0 Å². The quantitative estimate of drug-likeness (QED) is 0.783. The number of likely N-dealkylation sites (N-methyl/N-ethyl adjacent to an activating group) is 1. The van der Waals surface area contributed by atoms with E-state index in [2.05, 4.69) is 52.0 Å². The number of aromatic nitrogens is 2. The average molecular weight is 355 g/mol. The summed E-state index contributed by atoms with van der Waals surface area (Å²) in [6, 6.07) is 3.98. The Hall–Kier alpha value is -1.27. The normalized spacial score (nSPS) is 12.8. The third-order valence-electron chi connectivity index (χ3n) is 3.58. The zero-order valence-corrected chi connectivity index (χ0v) is 14.4. The molecule has 0 amide bonds. The third-order valence-corrected chi connectivity index (χ3v) is 4.00. The molecule has 0 aliphatic heterocycles. The highest BCUT2D eigenvalue weighted by Crippen LogP contribution is 2.23.